The molecule has 0 atom stereocenters. The number of aryl methyl sites for hydroxylation is 1. The topological polar surface area (TPSA) is 71.4 Å². The van der Waals surface area contributed by atoms with Crippen LogP contribution in [0.2, 0.25) is 5.02 Å². The van der Waals surface area contributed by atoms with E-state index in [2.05, 4.69) is 5.10 Å². The van der Waals surface area contributed by atoms with Gasteiger partial charge in [0.1, 0.15) is 0 Å². The van der Waals surface area contributed by atoms with Gasteiger partial charge in [0, 0.05) is 5.02 Å². The summed E-state index contributed by atoms with van der Waals surface area (Å²) in [5.41, 5.74) is 3.17. The number of benzene rings is 2. The van der Waals surface area contributed by atoms with Crippen molar-refractivity contribution in [1.29, 1.82) is 0 Å². The van der Waals surface area contributed by atoms with E-state index in [9.17, 15) is 9.90 Å². The van der Waals surface area contributed by atoms with Gasteiger partial charge in [0.15, 0.2) is 11.5 Å². The van der Waals surface area contributed by atoms with Crippen LogP contribution in [0.4, 0.5) is 5.69 Å². The van der Waals surface area contributed by atoms with E-state index in [0.717, 1.165) is 5.56 Å². The number of aromatic hydroxyl groups is 1. The highest BCUT2D eigenvalue weighted by Crippen LogP contribution is 2.38. The monoisotopic (exact) mass is 386 g/mol. The standard InChI is InChI=1S/C20H19ClN2O4/c1-11-5-6-14(10-16(11)21)23-20(25)15(12(2)22-23)7-13-8-17(26-3)19(24)18(9-13)27-4/h5-10,24H,1-4H3. The smallest absolute Gasteiger partial charge is 0.280 e. The quantitative estimate of drug-likeness (QED) is 0.800. The summed E-state index contributed by atoms with van der Waals surface area (Å²) < 4.78 is 10.3. The lowest BCUT2D eigenvalue weighted by Crippen LogP contribution is -2.21. The van der Waals surface area contributed by atoms with Gasteiger partial charge in [-0.3, -0.25) is 4.79 Å². The maximum atomic E-state index is 12.9. The summed E-state index contributed by atoms with van der Waals surface area (Å²) in [5.74, 6) is 0.145. The van der Waals surface area contributed by atoms with Crippen molar-refractivity contribution >= 4 is 35.0 Å². The lowest BCUT2D eigenvalue weighted by Gasteiger charge is -2.13. The minimum atomic E-state index is -0.265. The highest BCUT2D eigenvalue weighted by molar-refractivity contribution is 6.33. The molecule has 1 amide bonds. The highest BCUT2D eigenvalue weighted by Gasteiger charge is 2.29. The van der Waals surface area contributed by atoms with Crippen LogP contribution in [0.15, 0.2) is 41.0 Å². The molecule has 2 aromatic rings. The van der Waals surface area contributed by atoms with Gasteiger partial charge in [0.2, 0.25) is 5.75 Å². The number of carbonyl (C=O) groups is 1. The van der Waals surface area contributed by atoms with Crippen molar-refractivity contribution in [2.45, 2.75) is 13.8 Å². The first kappa shape index (κ1) is 18.8. The second-order valence-electron chi connectivity index (χ2n) is 6.07. The number of carbonyl (C=O) groups excluding carboxylic acids is 1. The minimum absolute atomic E-state index is 0.0961. The zero-order valence-electron chi connectivity index (χ0n) is 15.4. The van der Waals surface area contributed by atoms with Gasteiger partial charge < -0.3 is 14.6 Å². The van der Waals surface area contributed by atoms with Gasteiger partial charge in [0.05, 0.1) is 31.2 Å². The molecule has 3 rings (SSSR count). The van der Waals surface area contributed by atoms with E-state index < -0.39 is 0 Å². The van der Waals surface area contributed by atoms with Crippen molar-refractivity contribution in [3.05, 3.63) is 52.1 Å². The molecule has 0 aliphatic carbocycles. The summed E-state index contributed by atoms with van der Waals surface area (Å²) in [6.07, 6.45) is 1.68. The van der Waals surface area contributed by atoms with E-state index >= 15 is 0 Å². The van der Waals surface area contributed by atoms with Crippen molar-refractivity contribution in [2.24, 2.45) is 5.10 Å². The Morgan fingerprint density at radius 1 is 1.11 bits per heavy atom. The fraction of sp³-hybridized carbons (Fsp3) is 0.200. The molecule has 140 valence electrons. The van der Waals surface area contributed by atoms with Crippen LogP contribution < -0.4 is 14.5 Å². The van der Waals surface area contributed by atoms with E-state index in [1.165, 1.54) is 19.2 Å². The first-order valence-electron chi connectivity index (χ1n) is 8.18. The maximum absolute atomic E-state index is 12.9. The highest BCUT2D eigenvalue weighted by atomic mass is 35.5. The average molecular weight is 387 g/mol. The number of rotatable bonds is 4. The number of hydrogen-bond donors (Lipinski definition) is 1. The summed E-state index contributed by atoms with van der Waals surface area (Å²) in [4.78, 5) is 12.9. The number of amides is 1. The fourth-order valence-electron chi connectivity index (χ4n) is 2.74. The third-order valence-corrected chi connectivity index (χ3v) is 4.68. The molecular weight excluding hydrogens is 368 g/mol. The van der Waals surface area contributed by atoms with Crippen LogP contribution in [0, 0.1) is 6.92 Å². The van der Waals surface area contributed by atoms with Crippen molar-refractivity contribution in [3.8, 4) is 17.2 Å². The Bertz CT molecular complexity index is 957. The van der Waals surface area contributed by atoms with Gasteiger partial charge >= 0.3 is 0 Å². The number of hydrogen-bond acceptors (Lipinski definition) is 5. The maximum Gasteiger partial charge on any atom is 0.280 e. The van der Waals surface area contributed by atoms with E-state index in [1.807, 2.05) is 13.0 Å². The van der Waals surface area contributed by atoms with Crippen molar-refractivity contribution in [2.75, 3.05) is 19.2 Å². The van der Waals surface area contributed by atoms with Crippen molar-refractivity contribution in [1.82, 2.24) is 0 Å². The molecule has 0 saturated carbocycles. The molecular formula is C20H19ClN2O4. The number of anilines is 1. The van der Waals surface area contributed by atoms with Gasteiger partial charge in [-0.25, -0.2) is 0 Å². The Labute approximate surface area is 162 Å². The third-order valence-electron chi connectivity index (χ3n) is 4.28. The molecule has 0 spiro atoms. The molecule has 0 radical (unpaired) electrons. The number of hydrazone groups is 1. The van der Waals surface area contributed by atoms with Gasteiger partial charge in [-0.1, -0.05) is 17.7 Å². The normalized spacial score (nSPS) is 15.3. The molecule has 0 saturated heterocycles. The summed E-state index contributed by atoms with van der Waals surface area (Å²) in [5, 5.41) is 16.3. The summed E-state index contributed by atoms with van der Waals surface area (Å²) in [7, 11) is 2.89. The number of phenols is 1. The van der Waals surface area contributed by atoms with Crippen LogP contribution in [0.1, 0.15) is 18.1 Å². The molecule has 0 aromatic heterocycles. The van der Waals surface area contributed by atoms with Crippen molar-refractivity contribution < 1.29 is 19.4 Å². The predicted octanol–water partition coefficient (Wildman–Crippen LogP) is 4.18. The van der Waals surface area contributed by atoms with Crippen LogP contribution in [-0.4, -0.2) is 30.9 Å². The van der Waals surface area contributed by atoms with Crippen molar-refractivity contribution in [3.63, 3.8) is 0 Å². The Kier molecular flexibility index (Phi) is 5.10. The number of ether oxygens (including phenoxy) is 2. The Morgan fingerprint density at radius 3 is 2.30 bits per heavy atom. The second kappa shape index (κ2) is 7.32. The van der Waals surface area contributed by atoms with E-state index in [-0.39, 0.29) is 23.2 Å². The number of halogens is 1. The lowest BCUT2D eigenvalue weighted by atomic mass is 10.1. The van der Waals surface area contributed by atoms with E-state index in [4.69, 9.17) is 21.1 Å². The predicted molar refractivity (Wildman–Crippen MR) is 106 cm³/mol. The van der Waals surface area contributed by atoms with Crippen LogP contribution in [0.3, 0.4) is 0 Å². The SMILES string of the molecule is COc1cc(C=C2C(=O)N(c3ccc(C)c(Cl)c3)N=C2C)cc(OC)c1O. The molecule has 7 heteroatoms. The van der Waals surface area contributed by atoms with E-state index in [1.54, 1.807) is 37.3 Å². The van der Waals surface area contributed by atoms with E-state index in [0.29, 0.717) is 27.6 Å². The first-order valence-corrected chi connectivity index (χ1v) is 8.56. The summed E-state index contributed by atoms with van der Waals surface area (Å²) in [6, 6.07) is 8.59. The molecule has 1 aliphatic rings. The Hall–Kier alpha value is -2.99. The second-order valence-corrected chi connectivity index (χ2v) is 6.48. The average Bonchev–Trinajstić information content (AvgIpc) is 2.93. The van der Waals surface area contributed by atoms with Crippen LogP contribution in [0.5, 0.6) is 17.2 Å². The summed E-state index contributed by atoms with van der Waals surface area (Å²) in [6.45, 7) is 3.65. The number of methoxy groups -OCH3 is 2. The molecule has 1 heterocycles. The molecule has 27 heavy (non-hydrogen) atoms. The molecule has 0 fully saturated rings. The van der Waals surface area contributed by atoms with Crippen LogP contribution in [0.25, 0.3) is 6.08 Å². The lowest BCUT2D eigenvalue weighted by molar-refractivity contribution is -0.114. The van der Waals surface area contributed by atoms with Crippen LogP contribution >= 0.6 is 11.6 Å². The molecule has 1 N–H and O–H groups in total. The minimum Gasteiger partial charge on any atom is -0.502 e. The van der Waals surface area contributed by atoms with Gasteiger partial charge in [-0.2, -0.15) is 10.1 Å². The fourth-order valence-corrected chi connectivity index (χ4v) is 2.91. The Balaban J connectivity index is 2.00. The first-order chi connectivity index (χ1) is 12.8. The molecule has 0 bridgehead atoms. The number of phenolic OH excluding ortho intramolecular Hbond substituents is 1. The zero-order valence-corrected chi connectivity index (χ0v) is 16.2. The molecule has 2 aromatic carbocycles. The Morgan fingerprint density at radius 2 is 1.74 bits per heavy atom. The largest absolute Gasteiger partial charge is 0.502 e. The molecule has 6 nitrogen and oxygen atoms in total. The van der Waals surface area contributed by atoms with Gasteiger partial charge in [-0.05, 0) is 55.3 Å². The summed E-state index contributed by atoms with van der Waals surface area (Å²) >= 11 is 6.17. The number of nitrogens with zero attached hydrogens (tertiary/aromatic N) is 2. The molecule has 1 aliphatic heterocycles. The third kappa shape index (κ3) is 3.48. The zero-order chi connectivity index (χ0) is 19.7. The van der Waals surface area contributed by atoms with Crippen LogP contribution in [-0.2, 0) is 4.79 Å². The van der Waals surface area contributed by atoms with Gasteiger partial charge in [-0.15, -0.1) is 0 Å². The molecule has 0 unspecified atom stereocenters. The van der Waals surface area contributed by atoms with Gasteiger partial charge in [0.25, 0.3) is 5.91 Å².